The SMILES string of the molecule is CCC1C(C(C)(C)C)C1(F)F. The van der Waals surface area contributed by atoms with Gasteiger partial charge >= 0.3 is 0 Å². The van der Waals surface area contributed by atoms with Crippen molar-refractivity contribution in [2.24, 2.45) is 17.3 Å². The van der Waals surface area contributed by atoms with Crippen LogP contribution in [-0.2, 0) is 0 Å². The summed E-state index contributed by atoms with van der Waals surface area (Å²) in [5.74, 6) is -3.13. The van der Waals surface area contributed by atoms with E-state index in [0.717, 1.165) is 0 Å². The van der Waals surface area contributed by atoms with Crippen LogP contribution in [0.25, 0.3) is 0 Å². The van der Waals surface area contributed by atoms with E-state index in [2.05, 4.69) is 0 Å². The van der Waals surface area contributed by atoms with Gasteiger partial charge in [-0.1, -0.05) is 27.7 Å². The number of halogens is 2. The number of alkyl halides is 2. The first-order valence-corrected chi connectivity index (χ1v) is 4.19. The molecule has 1 aliphatic rings. The van der Waals surface area contributed by atoms with Gasteiger partial charge in [0.1, 0.15) is 0 Å². The molecule has 1 rings (SSSR count). The molecule has 0 aromatic carbocycles. The van der Waals surface area contributed by atoms with Crippen LogP contribution in [0.3, 0.4) is 0 Å². The van der Waals surface area contributed by atoms with E-state index < -0.39 is 5.92 Å². The molecule has 0 heterocycles. The second-order valence-corrected chi connectivity index (χ2v) is 4.53. The zero-order chi connectivity index (χ0) is 8.86. The van der Waals surface area contributed by atoms with Crippen LogP contribution in [0, 0.1) is 17.3 Å². The van der Waals surface area contributed by atoms with E-state index in [4.69, 9.17) is 0 Å². The van der Waals surface area contributed by atoms with Crippen LogP contribution >= 0.6 is 0 Å². The Morgan fingerprint density at radius 2 is 1.73 bits per heavy atom. The van der Waals surface area contributed by atoms with E-state index in [-0.39, 0.29) is 17.3 Å². The first-order chi connectivity index (χ1) is 4.81. The fourth-order valence-electron chi connectivity index (χ4n) is 2.08. The van der Waals surface area contributed by atoms with Crippen molar-refractivity contribution in [1.82, 2.24) is 0 Å². The maximum Gasteiger partial charge on any atom is 0.255 e. The van der Waals surface area contributed by atoms with E-state index in [1.807, 2.05) is 27.7 Å². The Balaban J connectivity index is 2.66. The van der Waals surface area contributed by atoms with Crippen LogP contribution in [0.2, 0.25) is 0 Å². The van der Waals surface area contributed by atoms with Crippen molar-refractivity contribution in [2.75, 3.05) is 0 Å². The van der Waals surface area contributed by atoms with Crippen LogP contribution in [-0.4, -0.2) is 5.92 Å². The standard InChI is InChI=1S/C9H16F2/c1-5-6-7(8(2,3)4)9(6,10)11/h6-7H,5H2,1-4H3. The van der Waals surface area contributed by atoms with Gasteiger partial charge in [-0.05, 0) is 11.8 Å². The third kappa shape index (κ3) is 1.27. The number of hydrogen-bond donors (Lipinski definition) is 0. The van der Waals surface area contributed by atoms with Crippen LogP contribution in [0.4, 0.5) is 8.78 Å². The highest BCUT2D eigenvalue weighted by Gasteiger charge is 2.70. The van der Waals surface area contributed by atoms with Crippen LogP contribution in [0.1, 0.15) is 34.1 Å². The fourth-order valence-corrected chi connectivity index (χ4v) is 2.08. The average molecular weight is 162 g/mol. The van der Waals surface area contributed by atoms with E-state index in [9.17, 15) is 8.78 Å². The van der Waals surface area contributed by atoms with Gasteiger partial charge in [0.2, 0.25) is 0 Å². The predicted octanol–water partition coefficient (Wildman–Crippen LogP) is 3.32. The topological polar surface area (TPSA) is 0 Å². The minimum Gasteiger partial charge on any atom is -0.206 e. The molecular formula is C9H16F2. The Morgan fingerprint density at radius 3 is 1.82 bits per heavy atom. The lowest BCUT2D eigenvalue weighted by atomic mass is 9.88. The molecular weight excluding hydrogens is 146 g/mol. The van der Waals surface area contributed by atoms with Crippen molar-refractivity contribution < 1.29 is 8.78 Å². The summed E-state index contributed by atoms with van der Waals surface area (Å²) in [5, 5.41) is 0. The van der Waals surface area contributed by atoms with Crippen molar-refractivity contribution in [3.63, 3.8) is 0 Å². The van der Waals surface area contributed by atoms with Gasteiger partial charge in [0.05, 0.1) is 0 Å². The van der Waals surface area contributed by atoms with Crippen molar-refractivity contribution in [1.29, 1.82) is 0 Å². The Morgan fingerprint density at radius 1 is 1.27 bits per heavy atom. The average Bonchev–Trinajstić information content (AvgIpc) is 2.31. The zero-order valence-electron chi connectivity index (χ0n) is 7.62. The summed E-state index contributed by atoms with van der Waals surface area (Å²) in [6.07, 6.45) is 0.606. The minimum atomic E-state index is -2.38. The molecule has 2 heteroatoms. The molecule has 0 amide bonds. The highest BCUT2D eigenvalue weighted by molar-refractivity contribution is 5.09. The summed E-state index contributed by atoms with van der Waals surface area (Å²) in [5.41, 5.74) is -0.232. The molecule has 0 aliphatic heterocycles. The molecule has 1 aliphatic carbocycles. The van der Waals surface area contributed by atoms with Gasteiger partial charge in [-0.25, -0.2) is 8.78 Å². The van der Waals surface area contributed by atoms with Gasteiger partial charge in [-0.15, -0.1) is 0 Å². The maximum atomic E-state index is 13.0. The Bertz CT molecular complexity index is 155. The number of hydrogen-bond acceptors (Lipinski definition) is 0. The molecule has 0 spiro atoms. The summed E-state index contributed by atoms with van der Waals surface area (Å²) in [4.78, 5) is 0. The van der Waals surface area contributed by atoms with Gasteiger partial charge in [0.25, 0.3) is 5.92 Å². The molecule has 2 atom stereocenters. The second-order valence-electron chi connectivity index (χ2n) is 4.53. The van der Waals surface area contributed by atoms with Gasteiger partial charge in [-0.3, -0.25) is 0 Å². The van der Waals surface area contributed by atoms with Crippen LogP contribution in [0.15, 0.2) is 0 Å². The maximum absolute atomic E-state index is 13.0. The molecule has 0 aromatic heterocycles. The fraction of sp³-hybridized carbons (Fsp3) is 1.00. The quantitative estimate of drug-likeness (QED) is 0.554. The lowest BCUT2D eigenvalue weighted by Gasteiger charge is -2.17. The first-order valence-electron chi connectivity index (χ1n) is 4.19. The lowest BCUT2D eigenvalue weighted by Crippen LogP contribution is -2.13. The largest absolute Gasteiger partial charge is 0.255 e. The zero-order valence-corrected chi connectivity index (χ0v) is 7.62. The minimum absolute atomic E-state index is 0.232. The molecule has 2 unspecified atom stereocenters. The summed E-state index contributed by atoms with van der Waals surface area (Å²) in [7, 11) is 0. The third-order valence-corrected chi connectivity index (χ3v) is 2.58. The molecule has 0 aromatic rings. The Hall–Kier alpha value is -0.140. The van der Waals surface area contributed by atoms with Crippen molar-refractivity contribution >= 4 is 0 Å². The van der Waals surface area contributed by atoms with Crippen molar-refractivity contribution in [2.45, 2.75) is 40.0 Å². The van der Waals surface area contributed by atoms with E-state index in [0.29, 0.717) is 6.42 Å². The first kappa shape index (κ1) is 8.95. The van der Waals surface area contributed by atoms with E-state index in [1.165, 1.54) is 0 Å². The number of rotatable bonds is 1. The van der Waals surface area contributed by atoms with Gasteiger partial charge in [0.15, 0.2) is 0 Å². The Kier molecular flexibility index (Phi) is 1.77. The summed E-state index contributed by atoms with van der Waals surface area (Å²) < 4.78 is 25.9. The summed E-state index contributed by atoms with van der Waals surface area (Å²) in [6.45, 7) is 7.51. The summed E-state index contributed by atoms with van der Waals surface area (Å²) in [6, 6.07) is 0. The highest BCUT2D eigenvalue weighted by atomic mass is 19.3. The van der Waals surface area contributed by atoms with Gasteiger partial charge < -0.3 is 0 Å². The molecule has 11 heavy (non-hydrogen) atoms. The van der Waals surface area contributed by atoms with Crippen molar-refractivity contribution in [3.8, 4) is 0 Å². The molecule has 66 valence electrons. The smallest absolute Gasteiger partial charge is 0.206 e. The molecule has 0 bridgehead atoms. The lowest BCUT2D eigenvalue weighted by molar-refractivity contribution is 0.0629. The third-order valence-electron chi connectivity index (χ3n) is 2.58. The van der Waals surface area contributed by atoms with E-state index >= 15 is 0 Å². The summed E-state index contributed by atoms with van der Waals surface area (Å²) >= 11 is 0. The van der Waals surface area contributed by atoms with Crippen molar-refractivity contribution in [3.05, 3.63) is 0 Å². The monoisotopic (exact) mass is 162 g/mol. The highest BCUT2D eigenvalue weighted by Crippen LogP contribution is 2.64. The normalized spacial score (nSPS) is 35.5. The predicted molar refractivity (Wildman–Crippen MR) is 41.7 cm³/mol. The molecule has 1 fully saturated rings. The van der Waals surface area contributed by atoms with Gasteiger partial charge in [0, 0.05) is 11.8 Å². The molecule has 0 nitrogen and oxygen atoms in total. The van der Waals surface area contributed by atoms with Gasteiger partial charge in [-0.2, -0.15) is 0 Å². The molecule has 0 N–H and O–H groups in total. The molecule has 0 radical (unpaired) electrons. The Labute approximate surface area is 67.0 Å². The second kappa shape index (κ2) is 2.18. The molecule has 0 saturated heterocycles. The van der Waals surface area contributed by atoms with Crippen LogP contribution < -0.4 is 0 Å². The van der Waals surface area contributed by atoms with Crippen LogP contribution in [0.5, 0.6) is 0 Å². The van der Waals surface area contributed by atoms with E-state index in [1.54, 1.807) is 0 Å². The molecule has 1 saturated carbocycles.